The normalized spacial score (nSPS) is 23.9. The molecule has 20 heavy (non-hydrogen) atoms. The number of rotatable bonds is 11. The molecule has 2 unspecified atom stereocenters. The molecule has 0 bridgehead atoms. The fourth-order valence-electron chi connectivity index (χ4n) is 3.22. The first-order valence-corrected chi connectivity index (χ1v) is 8.77. The summed E-state index contributed by atoms with van der Waals surface area (Å²) in [6.45, 7) is 9.37. The molecule has 0 radical (unpaired) electrons. The molecule has 0 aromatic carbocycles. The first kappa shape index (κ1) is 16.3. The molecule has 0 amide bonds. The SMILES string of the molecule is CCCCN(CC(CO)(NC1CC1)C1CC1)C(C)CC. The molecule has 0 spiro atoms. The second-order valence-corrected chi connectivity index (χ2v) is 7.09. The highest BCUT2D eigenvalue weighted by Gasteiger charge is 2.48. The lowest BCUT2D eigenvalue weighted by Gasteiger charge is -2.41. The van der Waals surface area contributed by atoms with E-state index in [0.29, 0.717) is 24.6 Å². The second-order valence-electron chi connectivity index (χ2n) is 7.09. The van der Waals surface area contributed by atoms with Gasteiger partial charge in [0.25, 0.3) is 0 Å². The first-order chi connectivity index (χ1) is 9.65. The van der Waals surface area contributed by atoms with E-state index in [4.69, 9.17) is 0 Å². The van der Waals surface area contributed by atoms with Crippen LogP contribution in [-0.2, 0) is 0 Å². The lowest BCUT2D eigenvalue weighted by molar-refractivity contribution is 0.0698. The third kappa shape index (κ3) is 4.19. The van der Waals surface area contributed by atoms with Gasteiger partial charge in [0.1, 0.15) is 0 Å². The minimum absolute atomic E-state index is 0.0294. The van der Waals surface area contributed by atoms with Crippen LogP contribution in [0.15, 0.2) is 0 Å². The molecule has 0 aliphatic heterocycles. The third-order valence-corrected chi connectivity index (χ3v) is 5.21. The van der Waals surface area contributed by atoms with E-state index in [-0.39, 0.29) is 5.54 Å². The summed E-state index contributed by atoms with van der Waals surface area (Å²) in [6.07, 6.45) is 8.89. The monoisotopic (exact) mass is 282 g/mol. The van der Waals surface area contributed by atoms with Crippen LogP contribution in [0.25, 0.3) is 0 Å². The van der Waals surface area contributed by atoms with Crippen molar-refractivity contribution in [3.63, 3.8) is 0 Å². The standard InChI is InChI=1S/C17H34N2O/c1-4-6-11-19(14(3)5-2)12-17(13-20,15-7-8-15)18-16-9-10-16/h14-16,18,20H,4-13H2,1-3H3. The Balaban J connectivity index is 2.01. The van der Waals surface area contributed by atoms with E-state index in [0.717, 1.165) is 6.54 Å². The summed E-state index contributed by atoms with van der Waals surface area (Å²) in [7, 11) is 0. The van der Waals surface area contributed by atoms with Gasteiger partial charge in [0.15, 0.2) is 0 Å². The molecule has 0 aromatic rings. The number of nitrogens with zero attached hydrogens (tertiary/aromatic N) is 1. The van der Waals surface area contributed by atoms with Gasteiger partial charge >= 0.3 is 0 Å². The molecule has 2 aliphatic carbocycles. The van der Waals surface area contributed by atoms with E-state index in [2.05, 4.69) is 31.0 Å². The summed E-state index contributed by atoms with van der Waals surface area (Å²) in [6, 6.07) is 1.29. The van der Waals surface area contributed by atoms with Crippen molar-refractivity contribution in [2.75, 3.05) is 19.7 Å². The minimum atomic E-state index is -0.0294. The Morgan fingerprint density at radius 1 is 1.25 bits per heavy atom. The topological polar surface area (TPSA) is 35.5 Å². The maximum Gasteiger partial charge on any atom is 0.0628 e. The molecule has 2 atom stereocenters. The fraction of sp³-hybridized carbons (Fsp3) is 1.00. The van der Waals surface area contributed by atoms with Crippen molar-refractivity contribution in [1.29, 1.82) is 0 Å². The van der Waals surface area contributed by atoms with Crippen LogP contribution in [0.1, 0.15) is 65.7 Å². The van der Waals surface area contributed by atoms with Crippen LogP contribution in [0.3, 0.4) is 0 Å². The largest absolute Gasteiger partial charge is 0.394 e. The van der Waals surface area contributed by atoms with E-state index in [9.17, 15) is 5.11 Å². The average Bonchev–Trinajstić information content (AvgIpc) is 3.33. The summed E-state index contributed by atoms with van der Waals surface area (Å²) in [5, 5.41) is 13.9. The van der Waals surface area contributed by atoms with Crippen molar-refractivity contribution in [2.24, 2.45) is 5.92 Å². The molecule has 0 saturated heterocycles. The number of aliphatic hydroxyl groups excluding tert-OH is 1. The van der Waals surface area contributed by atoms with Gasteiger partial charge in [0, 0.05) is 18.6 Å². The maximum absolute atomic E-state index is 10.1. The minimum Gasteiger partial charge on any atom is -0.394 e. The Bertz CT molecular complexity index is 289. The zero-order valence-corrected chi connectivity index (χ0v) is 13.7. The molecule has 2 aliphatic rings. The van der Waals surface area contributed by atoms with Crippen LogP contribution < -0.4 is 5.32 Å². The summed E-state index contributed by atoms with van der Waals surface area (Å²) in [5.41, 5.74) is -0.0294. The van der Waals surface area contributed by atoms with Crippen molar-refractivity contribution < 1.29 is 5.11 Å². The van der Waals surface area contributed by atoms with Gasteiger partial charge in [-0.1, -0.05) is 20.3 Å². The Labute approximate surface area is 125 Å². The molecule has 3 nitrogen and oxygen atoms in total. The van der Waals surface area contributed by atoms with Gasteiger partial charge in [-0.15, -0.1) is 0 Å². The number of nitrogens with one attached hydrogen (secondary N) is 1. The van der Waals surface area contributed by atoms with Crippen molar-refractivity contribution in [3.8, 4) is 0 Å². The Morgan fingerprint density at radius 3 is 2.40 bits per heavy atom. The predicted molar refractivity (Wildman–Crippen MR) is 84.9 cm³/mol. The van der Waals surface area contributed by atoms with Gasteiger partial charge in [0.05, 0.1) is 12.1 Å². The quantitative estimate of drug-likeness (QED) is 0.612. The molecule has 2 N–H and O–H groups in total. The fourth-order valence-corrected chi connectivity index (χ4v) is 3.22. The third-order valence-electron chi connectivity index (χ3n) is 5.21. The van der Waals surface area contributed by atoms with Crippen LogP contribution >= 0.6 is 0 Å². The van der Waals surface area contributed by atoms with Gasteiger partial charge in [-0.05, 0) is 57.9 Å². The van der Waals surface area contributed by atoms with E-state index in [1.165, 1.54) is 51.5 Å². The molecule has 2 fully saturated rings. The molecule has 0 heterocycles. The number of hydrogen-bond acceptors (Lipinski definition) is 3. The van der Waals surface area contributed by atoms with Gasteiger partial charge in [-0.2, -0.15) is 0 Å². The number of aliphatic hydroxyl groups is 1. The van der Waals surface area contributed by atoms with Crippen molar-refractivity contribution in [1.82, 2.24) is 10.2 Å². The highest BCUT2D eigenvalue weighted by molar-refractivity contribution is 5.06. The van der Waals surface area contributed by atoms with Crippen LogP contribution in [0.4, 0.5) is 0 Å². The van der Waals surface area contributed by atoms with E-state index >= 15 is 0 Å². The predicted octanol–water partition coefficient (Wildman–Crippen LogP) is 2.78. The highest BCUT2D eigenvalue weighted by Crippen LogP contribution is 2.42. The molecule has 0 aromatic heterocycles. The molecular weight excluding hydrogens is 248 g/mol. The second kappa shape index (κ2) is 7.24. The number of hydrogen-bond donors (Lipinski definition) is 2. The zero-order chi connectivity index (χ0) is 14.6. The summed E-state index contributed by atoms with van der Waals surface area (Å²) < 4.78 is 0. The first-order valence-electron chi connectivity index (χ1n) is 8.77. The average molecular weight is 282 g/mol. The van der Waals surface area contributed by atoms with Crippen molar-refractivity contribution in [2.45, 2.75) is 83.3 Å². The number of unbranched alkanes of at least 4 members (excludes halogenated alkanes) is 1. The highest BCUT2D eigenvalue weighted by atomic mass is 16.3. The summed E-state index contributed by atoms with van der Waals surface area (Å²) in [5.74, 6) is 0.696. The van der Waals surface area contributed by atoms with Crippen LogP contribution in [-0.4, -0.2) is 47.3 Å². The lowest BCUT2D eigenvalue weighted by Crippen LogP contribution is -2.60. The summed E-state index contributed by atoms with van der Waals surface area (Å²) in [4.78, 5) is 2.62. The molecule has 118 valence electrons. The van der Waals surface area contributed by atoms with Gasteiger partial charge in [-0.25, -0.2) is 0 Å². The van der Waals surface area contributed by atoms with Crippen LogP contribution in [0.5, 0.6) is 0 Å². The Kier molecular flexibility index (Phi) is 5.88. The van der Waals surface area contributed by atoms with Crippen LogP contribution in [0.2, 0.25) is 0 Å². The van der Waals surface area contributed by atoms with Crippen molar-refractivity contribution >= 4 is 0 Å². The molecule has 3 heteroatoms. The Morgan fingerprint density at radius 2 is 1.95 bits per heavy atom. The lowest BCUT2D eigenvalue weighted by atomic mass is 9.92. The molecule has 2 saturated carbocycles. The van der Waals surface area contributed by atoms with Gasteiger partial charge in [0.2, 0.25) is 0 Å². The maximum atomic E-state index is 10.1. The van der Waals surface area contributed by atoms with Gasteiger partial charge < -0.3 is 10.4 Å². The molecular formula is C17H34N2O. The van der Waals surface area contributed by atoms with Gasteiger partial charge in [-0.3, -0.25) is 4.90 Å². The van der Waals surface area contributed by atoms with Crippen molar-refractivity contribution in [3.05, 3.63) is 0 Å². The zero-order valence-electron chi connectivity index (χ0n) is 13.7. The smallest absolute Gasteiger partial charge is 0.0628 e. The summed E-state index contributed by atoms with van der Waals surface area (Å²) >= 11 is 0. The van der Waals surface area contributed by atoms with E-state index < -0.39 is 0 Å². The van der Waals surface area contributed by atoms with Crippen LogP contribution in [0, 0.1) is 5.92 Å². The van der Waals surface area contributed by atoms with E-state index in [1.54, 1.807) is 0 Å². The molecule has 2 rings (SSSR count). The Hall–Kier alpha value is -0.120. The van der Waals surface area contributed by atoms with E-state index in [1.807, 2.05) is 0 Å².